The average molecular weight is 333 g/mol. The number of tetrazole rings is 1. The first-order valence-corrected chi connectivity index (χ1v) is 8.90. The summed E-state index contributed by atoms with van der Waals surface area (Å²) in [5.41, 5.74) is 4.28. The van der Waals surface area contributed by atoms with Crippen LogP contribution in [-0.4, -0.2) is 20.2 Å². The number of aryl methyl sites for hydroxylation is 2. The molecule has 2 aromatic carbocycles. The van der Waals surface area contributed by atoms with Crippen molar-refractivity contribution in [3.63, 3.8) is 0 Å². The Morgan fingerprint density at radius 1 is 1.12 bits per heavy atom. The van der Waals surface area contributed by atoms with Crippen LogP contribution in [0.15, 0.2) is 54.6 Å². The van der Waals surface area contributed by atoms with Crippen LogP contribution in [0, 0.1) is 0 Å². The maximum absolute atomic E-state index is 4.11. The second kappa shape index (κ2) is 7.15. The quantitative estimate of drug-likeness (QED) is 0.779. The van der Waals surface area contributed by atoms with Gasteiger partial charge in [-0.1, -0.05) is 54.6 Å². The van der Waals surface area contributed by atoms with Crippen molar-refractivity contribution in [2.75, 3.05) is 0 Å². The Labute approximate surface area is 148 Å². The average Bonchev–Trinajstić information content (AvgIpc) is 3.08. The number of hydrogen-bond donors (Lipinski definition) is 1. The van der Waals surface area contributed by atoms with Gasteiger partial charge in [-0.05, 0) is 46.4 Å². The summed E-state index contributed by atoms with van der Waals surface area (Å²) in [6.45, 7) is 0.654. The third-order valence-corrected chi connectivity index (χ3v) is 5.16. The lowest BCUT2D eigenvalue weighted by atomic mass is 9.76. The van der Waals surface area contributed by atoms with Crippen LogP contribution in [-0.2, 0) is 20.0 Å². The van der Waals surface area contributed by atoms with Crippen LogP contribution in [0.3, 0.4) is 0 Å². The zero-order chi connectivity index (χ0) is 17.1. The fourth-order valence-electron chi connectivity index (χ4n) is 3.89. The van der Waals surface area contributed by atoms with E-state index in [0.29, 0.717) is 12.5 Å². The van der Waals surface area contributed by atoms with Gasteiger partial charge in [-0.3, -0.25) is 0 Å². The molecular formula is C20H23N5. The number of hydrogen-bond acceptors (Lipinski definition) is 4. The molecule has 0 radical (unpaired) electrons. The third-order valence-electron chi connectivity index (χ3n) is 5.16. The number of benzene rings is 2. The maximum Gasteiger partial charge on any atom is 0.164 e. The maximum atomic E-state index is 4.11. The van der Waals surface area contributed by atoms with E-state index in [-0.39, 0.29) is 6.04 Å². The van der Waals surface area contributed by atoms with Crippen molar-refractivity contribution >= 4 is 0 Å². The molecule has 1 N–H and O–H groups in total. The standard InChI is InChI=1S/C20H23N5/c1-25-19(22-23-24-25)14-21-20(16-9-3-2-4-10-16)18-13-7-11-15-8-5-6-12-17(15)18/h2-6,8-10,12,18,20-21H,7,11,13-14H2,1H3/t18-,20+/m1/s1. The largest absolute Gasteiger partial charge is 0.302 e. The monoisotopic (exact) mass is 333 g/mol. The van der Waals surface area contributed by atoms with Gasteiger partial charge in [0.05, 0.1) is 6.54 Å². The van der Waals surface area contributed by atoms with Crippen molar-refractivity contribution in [3.8, 4) is 0 Å². The molecule has 25 heavy (non-hydrogen) atoms. The Bertz CT molecular complexity index is 827. The summed E-state index contributed by atoms with van der Waals surface area (Å²) in [6.07, 6.45) is 3.61. The predicted octanol–water partition coefficient (Wildman–Crippen LogP) is 3.16. The van der Waals surface area contributed by atoms with Crippen LogP contribution in [0.1, 0.15) is 47.3 Å². The van der Waals surface area contributed by atoms with E-state index in [4.69, 9.17) is 0 Å². The van der Waals surface area contributed by atoms with Crippen molar-refractivity contribution in [2.45, 2.75) is 37.8 Å². The smallest absolute Gasteiger partial charge is 0.164 e. The van der Waals surface area contributed by atoms with E-state index >= 15 is 0 Å². The summed E-state index contributed by atoms with van der Waals surface area (Å²) >= 11 is 0. The van der Waals surface area contributed by atoms with E-state index < -0.39 is 0 Å². The van der Waals surface area contributed by atoms with E-state index in [1.54, 1.807) is 4.68 Å². The normalized spacial score (nSPS) is 17.9. The highest BCUT2D eigenvalue weighted by molar-refractivity contribution is 5.36. The summed E-state index contributed by atoms with van der Waals surface area (Å²) in [5.74, 6) is 1.32. The van der Waals surface area contributed by atoms with Gasteiger partial charge in [0, 0.05) is 19.0 Å². The Morgan fingerprint density at radius 2 is 1.92 bits per heavy atom. The topological polar surface area (TPSA) is 55.6 Å². The predicted molar refractivity (Wildman–Crippen MR) is 96.9 cm³/mol. The van der Waals surface area contributed by atoms with Gasteiger partial charge in [0.1, 0.15) is 0 Å². The van der Waals surface area contributed by atoms with Gasteiger partial charge >= 0.3 is 0 Å². The number of nitrogens with one attached hydrogen (secondary N) is 1. The van der Waals surface area contributed by atoms with Gasteiger partial charge in [-0.15, -0.1) is 5.10 Å². The molecule has 0 amide bonds. The fourth-order valence-corrected chi connectivity index (χ4v) is 3.89. The first-order valence-electron chi connectivity index (χ1n) is 8.90. The molecule has 0 saturated carbocycles. The number of nitrogens with zero attached hydrogens (tertiary/aromatic N) is 4. The molecule has 1 aliphatic carbocycles. The molecule has 2 atom stereocenters. The zero-order valence-electron chi connectivity index (χ0n) is 14.5. The van der Waals surface area contributed by atoms with Crippen molar-refractivity contribution in [2.24, 2.45) is 7.05 Å². The molecule has 4 rings (SSSR count). The highest BCUT2D eigenvalue weighted by Gasteiger charge is 2.28. The molecular weight excluding hydrogens is 310 g/mol. The first-order chi connectivity index (χ1) is 12.3. The lowest BCUT2D eigenvalue weighted by molar-refractivity contribution is 0.393. The molecule has 1 heterocycles. The molecule has 5 nitrogen and oxygen atoms in total. The summed E-state index contributed by atoms with van der Waals surface area (Å²) < 4.78 is 1.73. The molecule has 0 saturated heterocycles. The number of fused-ring (bicyclic) bond motifs is 1. The molecule has 0 aliphatic heterocycles. The Hall–Kier alpha value is -2.53. The molecule has 1 aromatic heterocycles. The summed E-state index contributed by atoms with van der Waals surface area (Å²) in [6, 6.07) is 19.8. The Morgan fingerprint density at radius 3 is 2.72 bits per heavy atom. The van der Waals surface area contributed by atoms with Crippen LogP contribution in [0.5, 0.6) is 0 Å². The van der Waals surface area contributed by atoms with Crippen molar-refractivity contribution in [1.29, 1.82) is 0 Å². The van der Waals surface area contributed by atoms with Crippen LogP contribution < -0.4 is 5.32 Å². The van der Waals surface area contributed by atoms with Gasteiger partial charge in [-0.25, -0.2) is 4.68 Å². The van der Waals surface area contributed by atoms with Crippen LogP contribution in [0.2, 0.25) is 0 Å². The molecule has 3 aromatic rings. The van der Waals surface area contributed by atoms with Gasteiger partial charge in [-0.2, -0.15) is 0 Å². The van der Waals surface area contributed by atoms with E-state index in [9.17, 15) is 0 Å². The first kappa shape index (κ1) is 16.0. The third kappa shape index (κ3) is 3.33. The molecule has 0 fully saturated rings. The fraction of sp³-hybridized carbons (Fsp3) is 0.350. The Balaban J connectivity index is 1.65. The van der Waals surface area contributed by atoms with Gasteiger partial charge < -0.3 is 5.32 Å². The molecule has 1 aliphatic rings. The van der Waals surface area contributed by atoms with E-state index in [0.717, 1.165) is 5.82 Å². The second-order valence-electron chi connectivity index (χ2n) is 6.69. The molecule has 0 bridgehead atoms. The van der Waals surface area contributed by atoms with Crippen molar-refractivity contribution in [3.05, 3.63) is 77.1 Å². The molecule has 128 valence electrons. The molecule has 5 heteroatoms. The highest BCUT2D eigenvalue weighted by Crippen LogP contribution is 2.40. The zero-order valence-corrected chi connectivity index (χ0v) is 14.5. The second-order valence-corrected chi connectivity index (χ2v) is 6.69. The van der Waals surface area contributed by atoms with Gasteiger partial charge in [0.15, 0.2) is 5.82 Å². The lowest BCUT2D eigenvalue weighted by Crippen LogP contribution is -2.30. The minimum Gasteiger partial charge on any atom is -0.302 e. The summed E-state index contributed by atoms with van der Waals surface area (Å²) in [7, 11) is 1.88. The minimum atomic E-state index is 0.249. The summed E-state index contributed by atoms with van der Waals surface area (Å²) in [5, 5.41) is 15.5. The molecule has 0 spiro atoms. The van der Waals surface area contributed by atoms with Gasteiger partial charge in [0.25, 0.3) is 0 Å². The van der Waals surface area contributed by atoms with E-state index in [2.05, 4.69) is 75.4 Å². The minimum absolute atomic E-state index is 0.249. The Kier molecular flexibility index (Phi) is 4.57. The number of rotatable bonds is 5. The van der Waals surface area contributed by atoms with Crippen LogP contribution in [0.4, 0.5) is 0 Å². The van der Waals surface area contributed by atoms with Crippen molar-refractivity contribution in [1.82, 2.24) is 25.5 Å². The highest BCUT2D eigenvalue weighted by atomic mass is 15.5. The lowest BCUT2D eigenvalue weighted by Gasteiger charge is -2.33. The van der Waals surface area contributed by atoms with E-state index in [1.165, 1.54) is 36.0 Å². The number of aromatic nitrogens is 4. The SMILES string of the molecule is Cn1nnnc1CN[C@@H](c1ccccc1)[C@@H]1CCCc2ccccc21. The van der Waals surface area contributed by atoms with Gasteiger partial charge in [0.2, 0.25) is 0 Å². The van der Waals surface area contributed by atoms with E-state index in [1.807, 2.05) is 7.05 Å². The van der Waals surface area contributed by atoms with Crippen LogP contribution >= 0.6 is 0 Å². The van der Waals surface area contributed by atoms with Crippen molar-refractivity contribution < 1.29 is 0 Å². The van der Waals surface area contributed by atoms with Crippen LogP contribution in [0.25, 0.3) is 0 Å². The molecule has 0 unspecified atom stereocenters. The summed E-state index contributed by atoms with van der Waals surface area (Å²) in [4.78, 5) is 0.